The zero-order valence-electron chi connectivity index (χ0n) is 19.8. The van der Waals surface area contributed by atoms with Gasteiger partial charge in [-0.2, -0.15) is 4.72 Å². The highest BCUT2D eigenvalue weighted by Gasteiger charge is 2.32. The highest BCUT2D eigenvalue weighted by atomic mass is 32.2. The SMILES string of the molecule is O=C([C@@H](NS(=O)(=O)c1ccc2[nH]c(=O)ccc2c1)c1cccc(F)c1)N(Cc1ccco1)Cc1cccs1. The number of aromatic nitrogens is 1. The van der Waals surface area contributed by atoms with E-state index in [-0.39, 0.29) is 29.1 Å². The van der Waals surface area contributed by atoms with Gasteiger partial charge in [0.25, 0.3) is 0 Å². The van der Waals surface area contributed by atoms with Gasteiger partial charge in [-0.15, -0.1) is 11.3 Å². The number of fused-ring (bicyclic) bond motifs is 1. The molecular formula is C27H22FN3O5S2. The van der Waals surface area contributed by atoms with Gasteiger partial charge < -0.3 is 14.3 Å². The van der Waals surface area contributed by atoms with Gasteiger partial charge in [-0.25, -0.2) is 12.8 Å². The fraction of sp³-hybridized carbons (Fsp3) is 0.111. The van der Waals surface area contributed by atoms with Crippen molar-refractivity contribution in [3.63, 3.8) is 0 Å². The summed E-state index contributed by atoms with van der Waals surface area (Å²) in [5.41, 5.74) is 0.305. The van der Waals surface area contributed by atoms with Crippen LogP contribution in [0.3, 0.4) is 0 Å². The van der Waals surface area contributed by atoms with Crippen LogP contribution >= 0.6 is 11.3 Å². The van der Waals surface area contributed by atoms with Gasteiger partial charge in [0.05, 0.1) is 24.2 Å². The Morgan fingerprint density at radius 2 is 1.89 bits per heavy atom. The number of hydrogen-bond donors (Lipinski definition) is 2. The van der Waals surface area contributed by atoms with Crippen molar-refractivity contribution < 1.29 is 22.0 Å². The summed E-state index contributed by atoms with van der Waals surface area (Å²) in [6.07, 6.45) is 1.49. The number of benzene rings is 2. The number of furan rings is 1. The summed E-state index contributed by atoms with van der Waals surface area (Å²) in [6, 6.07) is 18.0. The number of amides is 1. The number of carbonyl (C=O) groups is 1. The minimum absolute atomic E-state index is 0.0839. The molecule has 0 aliphatic carbocycles. The maximum atomic E-state index is 14.2. The summed E-state index contributed by atoms with van der Waals surface area (Å²) in [4.78, 5) is 30.4. The summed E-state index contributed by atoms with van der Waals surface area (Å²) in [5, 5.41) is 2.38. The molecule has 2 N–H and O–H groups in total. The molecule has 0 unspecified atom stereocenters. The molecule has 0 fully saturated rings. The molecule has 3 aromatic heterocycles. The van der Waals surface area contributed by atoms with Crippen molar-refractivity contribution in [2.24, 2.45) is 0 Å². The fourth-order valence-electron chi connectivity index (χ4n) is 4.05. The Bertz CT molecular complexity index is 1700. The topological polar surface area (TPSA) is 112 Å². The van der Waals surface area contributed by atoms with Crippen LogP contribution in [0.25, 0.3) is 10.9 Å². The molecule has 0 spiro atoms. The van der Waals surface area contributed by atoms with Crippen LogP contribution < -0.4 is 10.3 Å². The normalized spacial score (nSPS) is 12.4. The number of aromatic amines is 1. The number of rotatable bonds is 9. The largest absolute Gasteiger partial charge is 0.467 e. The van der Waals surface area contributed by atoms with Crippen LogP contribution in [0.5, 0.6) is 0 Å². The molecule has 38 heavy (non-hydrogen) atoms. The lowest BCUT2D eigenvalue weighted by Gasteiger charge is -2.27. The van der Waals surface area contributed by atoms with Crippen LogP contribution in [0.4, 0.5) is 4.39 Å². The molecule has 0 bridgehead atoms. The van der Waals surface area contributed by atoms with Crippen molar-refractivity contribution in [2.45, 2.75) is 24.0 Å². The first-order valence-corrected chi connectivity index (χ1v) is 13.9. The van der Waals surface area contributed by atoms with Crippen molar-refractivity contribution in [2.75, 3.05) is 0 Å². The van der Waals surface area contributed by atoms with Crippen molar-refractivity contribution in [1.29, 1.82) is 0 Å². The first kappa shape index (κ1) is 25.6. The zero-order valence-corrected chi connectivity index (χ0v) is 21.5. The van der Waals surface area contributed by atoms with Crippen molar-refractivity contribution in [1.82, 2.24) is 14.6 Å². The number of halogens is 1. The van der Waals surface area contributed by atoms with Gasteiger partial charge in [0.15, 0.2) is 0 Å². The van der Waals surface area contributed by atoms with Crippen LogP contribution in [0, 0.1) is 5.82 Å². The molecule has 194 valence electrons. The summed E-state index contributed by atoms with van der Waals surface area (Å²) in [5.74, 6) is -0.668. The van der Waals surface area contributed by atoms with Gasteiger partial charge in [-0.3, -0.25) is 9.59 Å². The van der Waals surface area contributed by atoms with E-state index >= 15 is 0 Å². The molecule has 1 atom stereocenters. The average molecular weight is 552 g/mol. The van der Waals surface area contributed by atoms with Crippen LogP contribution in [0.15, 0.2) is 105 Å². The number of nitrogens with zero attached hydrogens (tertiary/aromatic N) is 1. The van der Waals surface area contributed by atoms with E-state index in [0.717, 1.165) is 10.9 Å². The number of pyridine rings is 1. The van der Waals surface area contributed by atoms with E-state index < -0.39 is 27.8 Å². The molecule has 0 aliphatic rings. The highest BCUT2D eigenvalue weighted by Crippen LogP contribution is 2.25. The number of hydrogen-bond acceptors (Lipinski definition) is 6. The second-order valence-electron chi connectivity index (χ2n) is 8.53. The Morgan fingerprint density at radius 3 is 2.63 bits per heavy atom. The standard InChI is InChI=1S/C27H22FN3O5S2/c28-20-5-1-4-19(14-20)26(27(33)31(16-21-6-2-12-36-21)17-22-7-3-13-37-22)30-38(34,35)23-9-10-24-18(15-23)8-11-25(32)29-24/h1-15,26,30H,16-17H2,(H,29,32)/t26-/m0/s1. The second-order valence-corrected chi connectivity index (χ2v) is 11.3. The van der Waals surface area contributed by atoms with Gasteiger partial charge in [0, 0.05) is 16.5 Å². The molecular weight excluding hydrogens is 529 g/mol. The predicted molar refractivity (Wildman–Crippen MR) is 141 cm³/mol. The lowest BCUT2D eigenvalue weighted by molar-refractivity contribution is -0.134. The molecule has 11 heteroatoms. The van der Waals surface area contributed by atoms with Crippen LogP contribution in [0.1, 0.15) is 22.2 Å². The first-order valence-electron chi connectivity index (χ1n) is 11.5. The van der Waals surface area contributed by atoms with Crippen molar-refractivity contribution >= 4 is 38.2 Å². The number of H-pyrrole nitrogens is 1. The monoisotopic (exact) mass is 551 g/mol. The Kier molecular flexibility index (Phi) is 7.23. The van der Waals surface area contributed by atoms with Crippen LogP contribution in [-0.2, 0) is 27.9 Å². The van der Waals surface area contributed by atoms with Gasteiger partial charge in [0.1, 0.15) is 17.6 Å². The smallest absolute Gasteiger partial charge is 0.248 e. The van der Waals surface area contributed by atoms with Crippen molar-refractivity contribution in [3.8, 4) is 0 Å². The minimum atomic E-state index is -4.26. The Balaban J connectivity index is 1.52. The predicted octanol–water partition coefficient (Wildman–Crippen LogP) is 4.57. The van der Waals surface area contributed by atoms with Crippen molar-refractivity contribution in [3.05, 3.63) is 123 Å². The maximum Gasteiger partial charge on any atom is 0.248 e. The highest BCUT2D eigenvalue weighted by molar-refractivity contribution is 7.89. The van der Waals surface area contributed by atoms with E-state index in [1.54, 1.807) is 12.1 Å². The third-order valence-corrected chi connectivity index (χ3v) is 8.15. The van der Waals surface area contributed by atoms with E-state index in [9.17, 15) is 22.4 Å². The van der Waals surface area contributed by atoms with E-state index in [4.69, 9.17) is 4.42 Å². The van der Waals surface area contributed by atoms with E-state index in [0.29, 0.717) is 16.7 Å². The van der Waals surface area contributed by atoms with E-state index in [1.165, 1.54) is 71.0 Å². The van der Waals surface area contributed by atoms with E-state index in [2.05, 4.69) is 9.71 Å². The van der Waals surface area contributed by atoms with Crippen LogP contribution in [-0.4, -0.2) is 24.2 Å². The lowest BCUT2D eigenvalue weighted by Crippen LogP contribution is -2.42. The summed E-state index contributed by atoms with van der Waals surface area (Å²) in [6.45, 7) is 0.286. The quantitative estimate of drug-likeness (QED) is 0.279. The van der Waals surface area contributed by atoms with Gasteiger partial charge >= 0.3 is 0 Å². The number of nitrogens with one attached hydrogen (secondary N) is 2. The molecule has 5 aromatic rings. The number of carbonyl (C=O) groups excluding carboxylic acids is 1. The Hall–Kier alpha value is -4.06. The lowest BCUT2D eigenvalue weighted by atomic mass is 10.1. The zero-order chi connectivity index (χ0) is 26.7. The maximum absolute atomic E-state index is 14.2. The van der Waals surface area contributed by atoms with Gasteiger partial charge in [-0.1, -0.05) is 18.2 Å². The Morgan fingerprint density at radius 1 is 1.03 bits per heavy atom. The molecule has 0 aliphatic heterocycles. The fourth-order valence-corrected chi connectivity index (χ4v) is 5.98. The molecule has 0 saturated heterocycles. The van der Waals surface area contributed by atoms with Gasteiger partial charge in [0.2, 0.25) is 21.5 Å². The average Bonchev–Trinajstić information content (AvgIpc) is 3.61. The minimum Gasteiger partial charge on any atom is -0.467 e. The van der Waals surface area contributed by atoms with E-state index in [1.807, 2.05) is 17.5 Å². The van der Waals surface area contributed by atoms with Gasteiger partial charge in [-0.05, 0) is 70.9 Å². The molecule has 8 nitrogen and oxygen atoms in total. The molecule has 0 saturated carbocycles. The Labute approximate surface area is 221 Å². The molecule has 2 aromatic carbocycles. The third kappa shape index (κ3) is 5.75. The first-order chi connectivity index (χ1) is 18.3. The number of thiophene rings is 1. The number of sulfonamides is 1. The summed E-state index contributed by atoms with van der Waals surface area (Å²) >= 11 is 1.45. The second kappa shape index (κ2) is 10.7. The third-order valence-electron chi connectivity index (χ3n) is 5.87. The van der Waals surface area contributed by atoms with Crippen LogP contribution in [0.2, 0.25) is 0 Å². The molecule has 0 radical (unpaired) electrons. The summed E-state index contributed by atoms with van der Waals surface area (Å²) in [7, 11) is -4.26. The molecule has 1 amide bonds. The summed E-state index contributed by atoms with van der Waals surface area (Å²) < 4.78 is 49.2. The molecule has 3 heterocycles. The molecule has 5 rings (SSSR count).